The zero-order chi connectivity index (χ0) is 16.4. The second-order valence-corrected chi connectivity index (χ2v) is 6.27. The maximum Gasteiger partial charge on any atom is 0.322 e. The smallest absolute Gasteiger partial charge is 0.322 e. The molecule has 0 aliphatic rings. The van der Waals surface area contributed by atoms with Crippen molar-refractivity contribution in [1.29, 1.82) is 0 Å². The van der Waals surface area contributed by atoms with E-state index in [9.17, 15) is 4.79 Å². The van der Waals surface area contributed by atoms with Crippen molar-refractivity contribution in [2.75, 3.05) is 5.32 Å². The normalized spacial score (nSPS) is 10.8. The van der Waals surface area contributed by atoms with E-state index in [-0.39, 0.29) is 11.9 Å². The fourth-order valence-corrected chi connectivity index (χ4v) is 3.22. The molecule has 4 rings (SSSR count). The predicted molar refractivity (Wildman–Crippen MR) is 93.3 cm³/mol. The Kier molecular flexibility index (Phi) is 3.80. The number of thiophene rings is 1. The molecule has 0 saturated heterocycles. The number of carbonyl (C=O) groups excluding carboxylic acids is 1. The first-order valence-electron chi connectivity index (χ1n) is 7.43. The lowest BCUT2D eigenvalue weighted by Gasteiger charge is -2.05. The van der Waals surface area contributed by atoms with Crippen molar-refractivity contribution in [2.45, 2.75) is 6.42 Å². The van der Waals surface area contributed by atoms with E-state index in [4.69, 9.17) is 4.42 Å². The molecule has 0 spiro atoms. The molecule has 0 bridgehead atoms. The zero-order valence-corrected chi connectivity index (χ0v) is 13.4. The predicted octanol–water partition coefficient (Wildman–Crippen LogP) is 4.13. The third-order valence-electron chi connectivity index (χ3n) is 3.63. The SMILES string of the molecule is O=C(Nc1nnc(Cc2cccs2)o1)c1cccc2ccccc12. The van der Waals surface area contributed by atoms with Gasteiger partial charge in [0.05, 0.1) is 6.42 Å². The second kappa shape index (κ2) is 6.25. The van der Waals surface area contributed by atoms with Crippen molar-refractivity contribution < 1.29 is 9.21 Å². The third kappa shape index (κ3) is 2.91. The van der Waals surface area contributed by atoms with Crippen LogP contribution >= 0.6 is 11.3 Å². The average Bonchev–Trinajstić information content (AvgIpc) is 3.27. The number of rotatable bonds is 4. The largest absolute Gasteiger partial charge is 0.407 e. The van der Waals surface area contributed by atoms with Crippen molar-refractivity contribution in [3.63, 3.8) is 0 Å². The molecule has 1 amide bonds. The molecule has 4 aromatic rings. The fourth-order valence-electron chi connectivity index (χ4n) is 2.53. The van der Waals surface area contributed by atoms with Crippen LogP contribution in [0.25, 0.3) is 10.8 Å². The van der Waals surface area contributed by atoms with Crippen molar-refractivity contribution in [1.82, 2.24) is 10.2 Å². The van der Waals surface area contributed by atoms with Crippen LogP contribution in [0.1, 0.15) is 21.1 Å². The van der Waals surface area contributed by atoms with E-state index in [0.29, 0.717) is 17.9 Å². The lowest BCUT2D eigenvalue weighted by molar-refractivity contribution is 0.102. The van der Waals surface area contributed by atoms with Gasteiger partial charge in [0.15, 0.2) is 0 Å². The van der Waals surface area contributed by atoms with Gasteiger partial charge >= 0.3 is 6.01 Å². The highest BCUT2D eigenvalue weighted by atomic mass is 32.1. The van der Waals surface area contributed by atoms with E-state index in [1.54, 1.807) is 17.4 Å². The summed E-state index contributed by atoms with van der Waals surface area (Å²) in [5, 5.41) is 14.4. The Bertz CT molecular complexity index is 987. The summed E-state index contributed by atoms with van der Waals surface area (Å²) in [6.07, 6.45) is 0.564. The van der Waals surface area contributed by atoms with Crippen molar-refractivity contribution >= 4 is 34.0 Å². The molecular weight excluding hydrogens is 322 g/mol. The first kappa shape index (κ1) is 14.6. The topological polar surface area (TPSA) is 68.0 Å². The molecule has 5 nitrogen and oxygen atoms in total. The van der Waals surface area contributed by atoms with Gasteiger partial charge < -0.3 is 4.42 Å². The van der Waals surface area contributed by atoms with Gasteiger partial charge in [0, 0.05) is 10.4 Å². The molecule has 0 saturated carbocycles. The summed E-state index contributed by atoms with van der Waals surface area (Å²) in [5.74, 6) is 0.212. The molecule has 2 aromatic carbocycles. The van der Waals surface area contributed by atoms with Crippen LogP contribution in [0.3, 0.4) is 0 Å². The van der Waals surface area contributed by atoms with Gasteiger partial charge in [-0.1, -0.05) is 47.6 Å². The monoisotopic (exact) mass is 335 g/mol. The molecule has 0 unspecified atom stereocenters. The molecule has 0 radical (unpaired) electrons. The van der Waals surface area contributed by atoms with Crippen LogP contribution in [0, 0.1) is 0 Å². The van der Waals surface area contributed by atoms with Crippen LogP contribution in [0.5, 0.6) is 0 Å². The number of fused-ring (bicyclic) bond motifs is 1. The Labute approximate surface area is 142 Å². The summed E-state index contributed by atoms with van der Waals surface area (Å²) < 4.78 is 5.51. The van der Waals surface area contributed by atoms with Crippen molar-refractivity contribution in [3.05, 3.63) is 76.3 Å². The van der Waals surface area contributed by atoms with Crippen molar-refractivity contribution in [3.8, 4) is 0 Å². The number of nitrogens with one attached hydrogen (secondary N) is 1. The molecule has 0 aliphatic carbocycles. The van der Waals surface area contributed by atoms with Crippen LogP contribution in [-0.2, 0) is 6.42 Å². The summed E-state index contributed by atoms with van der Waals surface area (Å²) in [7, 11) is 0. The van der Waals surface area contributed by atoms with Crippen LogP contribution in [0.4, 0.5) is 6.01 Å². The molecule has 6 heteroatoms. The lowest BCUT2D eigenvalue weighted by atomic mass is 10.0. The first-order chi connectivity index (χ1) is 11.8. The number of nitrogens with zero attached hydrogens (tertiary/aromatic N) is 2. The minimum atomic E-state index is -0.266. The van der Waals surface area contributed by atoms with E-state index in [1.807, 2.05) is 53.9 Å². The molecule has 118 valence electrons. The van der Waals surface area contributed by atoms with Crippen molar-refractivity contribution in [2.24, 2.45) is 0 Å². The van der Waals surface area contributed by atoms with Gasteiger partial charge in [-0.25, -0.2) is 0 Å². The maximum absolute atomic E-state index is 12.5. The highest BCUT2D eigenvalue weighted by Crippen LogP contribution is 2.20. The quantitative estimate of drug-likeness (QED) is 0.609. The Morgan fingerprint density at radius 1 is 1.04 bits per heavy atom. The minimum absolute atomic E-state index is 0.111. The molecule has 24 heavy (non-hydrogen) atoms. The number of benzene rings is 2. The summed E-state index contributed by atoms with van der Waals surface area (Å²) >= 11 is 1.62. The van der Waals surface area contributed by atoms with Gasteiger partial charge in [-0.3, -0.25) is 10.1 Å². The van der Waals surface area contributed by atoms with Gasteiger partial charge in [0.2, 0.25) is 5.89 Å². The highest BCUT2D eigenvalue weighted by Gasteiger charge is 2.14. The number of anilines is 1. The van der Waals surface area contributed by atoms with E-state index >= 15 is 0 Å². The molecule has 1 N–H and O–H groups in total. The third-order valence-corrected chi connectivity index (χ3v) is 4.50. The van der Waals surface area contributed by atoms with Gasteiger partial charge in [-0.15, -0.1) is 16.4 Å². The summed E-state index contributed by atoms with van der Waals surface area (Å²) in [6.45, 7) is 0. The number of hydrogen-bond donors (Lipinski definition) is 1. The summed E-state index contributed by atoms with van der Waals surface area (Å²) in [6, 6.07) is 17.4. The van der Waals surface area contributed by atoms with Crippen LogP contribution < -0.4 is 5.32 Å². The fraction of sp³-hybridized carbons (Fsp3) is 0.0556. The first-order valence-corrected chi connectivity index (χ1v) is 8.31. The number of aromatic nitrogens is 2. The zero-order valence-electron chi connectivity index (χ0n) is 12.6. The summed E-state index contributed by atoms with van der Waals surface area (Å²) in [5.41, 5.74) is 0.575. The molecule has 2 heterocycles. The van der Waals surface area contributed by atoms with Gasteiger partial charge in [-0.05, 0) is 28.3 Å². The second-order valence-electron chi connectivity index (χ2n) is 5.24. The molecule has 0 atom stereocenters. The van der Waals surface area contributed by atoms with Gasteiger partial charge in [0.1, 0.15) is 0 Å². The van der Waals surface area contributed by atoms with Crippen LogP contribution in [0.2, 0.25) is 0 Å². The molecule has 0 aliphatic heterocycles. The molecule has 0 fully saturated rings. The Morgan fingerprint density at radius 2 is 1.92 bits per heavy atom. The van der Waals surface area contributed by atoms with Crippen LogP contribution in [0.15, 0.2) is 64.4 Å². The number of amides is 1. The number of hydrogen-bond acceptors (Lipinski definition) is 5. The van der Waals surface area contributed by atoms with Gasteiger partial charge in [-0.2, -0.15) is 0 Å². The van der Waals surface area contributed by atoms with E-state index in [1.165, 1.54) is 0 Å². The maximum atomic E-state index is 12.5. The number of carbonyl (C=O) groups is 1. The van der Waals surface area contributed by atoms with E-state index in [0.717, 1.165) is 15.6 Å². The van der Waals surface area contributed by atoms with E-state index in [2.05, 4.69) is 15.5 Å². The molecule has 2 aromatic heterocycles. The van der Waals surface area contributed by atoms with Gasteiger partial charge in [0.25, 0.3) is 5.91 Å². The Hall–Kier alpha value is -2.99. The Balaban J connectivity index is 1.54. The van der Waals surface area contributed by atoms with E-state index < -0.39 is 0 Å². The molecular formula is C18H13N3O2S. The van der Waals surface area contributed by atoms with Crippen LogP contribution in [-0.4, -0.2) is 16.1 Å². The Morgan fingerprint density at radius 3 is 2.79 bits per heavy atom. The highest BCUT2D eigenvalue weighted by molar-refractivity contribution is 7.09. The average molecular weight is 335 g/mol. The standard InChI is InChI=1S/C18H13N3O2S/c22-17(15-9-3-6-12-5-1-2-8-14(12)15)19-18-21-20-16(23-18)11-13-7-4-10-24-13/h1-10H,11H2,(H,19,21,22). The summed E-state index contributed by atoms with van der Waals surface area (Å²) in [4.78, 5) is 13.6. The minimum Gasteiger partial charge on any atom is -0.407 e. The lowest BCUT2D eigenvalue weighted by Crippen LogP contribution is -2.12.